The van der Waals surface area contributed by atoms with E-state index < -0.39 is 11.6 Å². The zero-order valence-electron chi connectivity index (χ0n) is 12.4. The molecule has 0 amide bonds. The standard InChI is InChI=1S/C16H23F2NOS/c1-2-8-19-16(11-20)7-3-4-13(10-16)21-15-6-5-12(17)9-14(15)18/h5-6,9,13,19-20H,2-4,7-8,10-11H2,1H3. The number of thioether (sulfide) groups is 1. The molecule has 0 radical (unpaired) electrons. The summed E-state index contributed by atoms with van der Waals surface area (Å²) in [5.41, 5.74) is -0.248. The minimum atomic E-state index is -0.546. The Hall–Kier alpha value is -0.650. The maximum absolute atomic E-state index is 13.8. The molecule has 118 valence electrons. The molecule has 2 nitrogen and oxygen atoms in total. The van der Waals surface area contributed by atoms with Gasteiger partial charge in [0.25, 0.3) is 0 Å². The first kappa shape index (κ1) is 16.7. The van der Waals surface area contributed by atoms with Gasteiger partial charge in [0.05, 0.1) is 6.61 Å². The number of aliphatic hydroxyl groups excluding tert-OH is 1. The van der Waals surface area contributed by atoms with Gasteiger partial charge in [-0.05, 0) is 44.4 Å². The van der Waals surface area contributed by atoms with Gasteiger partial charge in [-0.1, -0.05) is 13.3 Å². The molecular formula is C16H23F2NOS. The van der Waals surface area contributed by atoms with Crippen LogP contribution in [-0.4, -0.2) is 29.0 Å². The highest BCUT2D eigenvalue weighted by Crippen LogP contribution is 2.39. The van der Waals surface area contributed by atoms with Crippen LogP contribution in [0.4, 0.5) is 8.78 Å². The Morgan fingerprint density at radius 2 is 2.24 bits per heavy atom. The molecule has 0 saturated heterocycles. The molecule has 1 fully saturated rings. The summed E-state index contributed by atoms with van der Waals surface area (Å²) in [6.07, 6.45) is 4.79. The van der Waals surface area contributed by atoms with E-state index in [0.29, 0.717) is 4.90 Å². The number of hydrogen-bond acceptors (Lipinski definition) is 3. The van der Waals surface area contributed by atoms with Gasteiger partial charge in [-0.2, -0.15) is 0 Å². The highest BCUT2D eigenvalue weighted by Gasteiger charge is 2.35. The molecule has 2 atom stereocenters. The molecule has 0 aromatic heterocycles. The molecule has 1 aliphatic carbocycles. The molecule has 1 aliphatic rings. The minimum Gasteiger partial charge on any atom is -0.394 e. The molecule has 1 aromatic carbocycles. The maximum atomic E-state index is 13.8. The zero-order valence-corrected chi connectivity index (χ0v) is 13.2. The second kappa shape index (κ2) is 7.56. The second-order valence-electron chi connectivity index (χ2n) is 5.78. The van der Waals surface area contributed by atoms with Gasteiger partial charge in [-0.25, -0.2) is 8.78 Å². The lowest BCUT2D eigenvalue weighted by atomic mass is 9.82. The quantitative estimate of drug-likeness (QED) is 0.839. The lowest BCUT2D eigenvalue weighted by Gasteiger charge is -2.40. The lowest BCUT2D eigenvalue weighted by Crippen LogP contribution is -2.52. The molecule has 2 unspecified atom stereocenters. The molecule has 0 aliphatic heterocycles. The molecule has 5 heteroatoms. The molecule has 21 heavy (non-hydrogen) atoms. The van der Waals surface area contributed by atoms with Crippen LogP contribution in [0.2, 0.25) is 0 Å². The third-order valence-corrected chi connectivity index (χ3v) is 5.36. The highest BCUT2D eigenvalue weighted by atomic mass is 32.2. The van der Waals surface area contributed by atoms with Crippen LogP contribution in [0.1, 0.15) is 39.0 Å². The minimum absolute atomic E-state index is 0.107. The average molecular weight is 315 g/mol. The molecular weight excluding hydrogens is 292 g/mol. The molecule has 0 heterocycles. The number of halogens is 2. The predicted octanol–water partition coefficient (Wildman–Crippen LogP) is 3.73. The van der Waals surface area contributed by atoms with Crippen molar-refractivity contribution in [2.45, 2.75) is 54.7 Å². The van der Waals surface area contributed by atoms with E-state index >= 15 is 0 Å². The van der Waals surface area contributed by atoms with E-state index in [-0.39, 0.29) is 17.4 Å². The fraction of sp³-hybridized carbons (Fsp3) is 0.625. The monoisotopic (exact) mass is 315 g/mol. The highest BCUT2D eigenvalue weighted by molar-refractivity contribution is 8.00. The number of nitrogens with one attached hydrogen (secondary N) is 1. The van der Waals surface area contributed by atoms with E-state index in [2.05, 4.69) is 12.2 Å². The number of aliphatic hydroxyl groups is 1. The van der Waals surface area contributed by atoms with Crippen LogP contribution >= 0.6 is 11.8 Å². The SMILES string of the molecule is CCCNC1(CO)CCCC(Sc2ccc(F)cc2F)C1. The normalized spacial score (nSPS) is 26.0. The largest absolute Gasteiger partial charge is 0.394 e. The average Bonchev–Trinajstić information content (AvgIpc) is 2.48. The fourth-order valence-corrected chi connectivity index (χ4v) is 4.27. The number of benzene rings is 1. The lowest BCUT2D eigenvalue weighted by molar-refractivity contribution is 0.124. The van der Waals surface area contributed by atoms with E-state index in [9.17, 15) is 13.9 Å². The molecule has 0 bridgehead atoms. The van der Waals surface area contributed by atoms with E-state index in [4.69, 9.17) is 0 Å². The molecule has 0 spiro atoms. The van der Waals surface area contributed by atoms with Gasteiger partial charge in [-0.15, -0.1) is 11.8 Å². The van der Waals surface area contributed by atoms with E-state index in [1.54, 1.807) is 0 Å². The summed E-state index contributed by atoms with van der Waals surface area (Å²) in [7, 11) is 0. The Kier molecular flexibility index (Phi) is 6.02. The van der Waals surface area contributed by atoms with Crippen molar-refractivity contribution in [3.8, 4) is 0 Å². The van der Waals surface area contributed by atoms with Crippen LogP contribution in [0, 0.1) is 11.6 Å². The molecule has 1 aromatic rings. The van der Waals surface area contributed by atoms with Crippen molar-refractivity contribution in [2.24, 2.45) is 0 Å². The number of hydrogen-bond donors (Lipinski definition) is 2. The Bertz CT molecular complexity index is 472. The molecule has 2 N–H and O–H groups in total. The zero-order chi connectivity index (χ0) is 15.3. The van der Waals surface area contributed by atoms with Crippen molar-refractivity contribution >= 4 is 11.8 Å². The van der Waals surface area contributed by atoms with Crippen LogP contribution in [0.15, 0.2) is 23.1 Å². The number of rotatable bonds is 6. The predicted molar refractivity (Wildman–Crippen MR) is 82.6 cm³/mol. The summed E-state index contributed by atoms with van der Waals surface area (Å²) >= 11 is 1.46. The summed E-state index contributed by atoms with van der Waals surface area (Å²) < 4.78 is 26.7. The summed E-state index contributed by atoms with van der Waals surface area (Å²) in [5.74, 6) is -1.04. The first-order valence-corrected chi connectivity index (χ1v) is 8.44. The van der Waals surface area contributed by atoms with Crippen LogP contribution in [0.5, 0.6) is 0 Å². The summed E-state index contributed by atoms with van der Waals surface area (Å²) in [6, 6.07) is 3.73. The smallest absolute Gasteiger partial charge is 0.139 e. The first-order chi connectivity index (χ1) is 10.1. The van der Waals surface area contributed by atoms with Crippen LogP contribution in [0.25, 0.3) is 0 Å². The van der Waals surface area contributed by atoms with Gasteiger partial charge in [-0.3, -0.25) is 0 Å². The van der Waals surface area contributed by atoms with Crippen molar-refractivity contribution < 1.29 is 13.9 Å². The maximum Gasteiger partial charge on any atom is 0.139 e. The third-order valence-electron chi connectivity index (χ3n) is 4.04. The van der Waals surface area contributed by atoms with Crippen molar-refractivity contribution in [1.82, 2.24) is 5.32 Å². The van der Waals surface area contributed by atoms with Gasteiger partial charge >= 0.3 is 0 Å². The van der Waals surface area contributed by atoms with Crippen molar-refractivity contribution in [1.29, 1.82) is 0 Å². The van der Waals surface area contributed by atoms with Crippen molar-refractivity contribution in [2.75, 3.05) is 13.2 Å². The second-order valence-corrected chi connectivity index (χ2v) is 7.12. The topological polar surface area (TPSA) is 32.3 Å². The Morgan fingerprint density at radius 3 is 2.90 bits per heavy atom. The molecule has 1 saturated carbocycles. The van der Waals surface area contributed by atoms with Crippen molar-refractivity contribution in [3.63, 3.8) is 0 Å². The Balaban J connectivity index is 2.03. The van der Waals surface area contributed by atoms with Crippen molar-refractivity contribution in [3.05, 3.63) is 29.8 Å². The Labute approximate surface area is 129 Å². The van der Waals surface area contributed by atoms with Crippen LogP contribution in [-0.2, 0) is 0 Å². The van der Waals surface area contributed by atoms with E-state index in [1.807, 2.05) is 0 Å². The van der Waals surface area contributed by atoms with E-state index in [1.165, 1.54) is 23.9 Å². The fourth-order valence-electron chi connectivity index (χ4n) is 2.91. The van der Waals surface area contributed by atoms with Gasteiger partial charge in [0.15, 0.2) is 0 Å². The van der Waals surface area contributed by atoms with Gasteiger partial charge in [0, 0.05) is 21.8 Å². The van der Waals surface area contributed by atoms with Gasteiger partial charge in [0.1, 0.15) is 11.6 Å². The van der Waals surface area contributed by atoms with Gasteiger partial charge < -0.3 is 10.4 Å². The Morgan fingerprint density at radius 1 is 1.43 bits per heavy atom. The third kappa shape index (κ3) is 4.41. The summed E-state index contributed by atoms with van der Waals surface area (Å²) in [6.45, 7) is 3.08. The molecule has 2 rings (SSSR count). The van der Waals surface area contributed by atoms with E-state index in [0.717, 1.165) is 44.7 Å². The van der Waals surface area contributed by atoms with Crippen LogP contribution < -0.4 is 5.32 Å². The summed E-state index contributed by atoms with van der Waals surface area (Å²) in [4.78, 5) is 0.491. The van der Waals surface area contributed by atoms with Crippen LogP contribution in [0.3, 0.4) is 0 Å². The first-order valence-electron chi connectivity index (χ1n) is 7.56. The van der Waals surface area contributed by atoms with Gasteiger partial charge in [0.2, 0.25) is 0 Å². The summed E-state index contributed by atoms with van der Waals surface area (Å²) in [5, 5.41) is 13.5.